The second-order valence-corrected chi connectivity index (χ2v) is 4.80. The lowest BCUT2D eigenvalue weighted by Gasteiger charge is -2.26. The average molecular weight is 290 g/mol. The molecule has 7 heteroatoms. The molecule has 2 N–H and O–H groups in total. The number of benzene rings is 1. The first-order valence-corrected chi connectivity index (χ1v) is 6.70. The number of nitrogens with one attached hydrogen (secondary N) is 1. The first-order valence-electron chi connectivity index (χ1n) is 6.70. The summed E-state index contributed by atoms with van der Waals surface area (Å²) in [6.07, 6.45) is 1.24. The fraction of sp³-hybridized carbons (Fsp3) is 0.286. The molecule has 0 spiro atoms. The Hall–Kier alpha value is -2.41. The standard InChI is InChI=1S/C14H15FN4O2/c15-10-3-1-2-4-11(10)19-9-12(20)13(17-19)14(21)18-7-5-16-6-8-18/h1-4,9,16,20H,5-8H2. The number of hydrogen-bond acceptors (Lipinski definition) is 4. The van der Waals surface area contributed by atoms with E-state index >= 15 is 0 Å². The Morgan fingerprint density at radius 3 is 2.71 bits per heavy atom. The lowest BCUT2D eigenvalue weighted by atomic mass is 10.3. The number of aromatic nitrogens is 2. The quantitative estimate of drug-likeness (QED) is 0.857. The van der Waals surface area contributed by atoms with Gasteiger partial charge < -0.3 is 15.3 Å². The molecule has 1 amide bonds. The molecule has 110 valence electrons. The van der Waals surface area contributed by atoms with Gasteiger partial charge in [0.2, 0.25) is 0 Å². The molecule has 1 aliphatic rings. The number of nitrogens with zero attached hydrogens (tertiary/aromatic N) is 3. The first kappa shape index (κ1) is 13.6. The number of rotatable bonds is 2. The van der Waals surface area contributed by atoms with Gasteiger partial charge in [-0.25, -0.2) is 9.07 Å². The molecule has 1 aromatic heterocycles. The Morgan fingerprint density at radius 2 is 2.00 bits per heavy atom. The van der Waals surface area contributed by atoms with Crippen molar-refractivity contribution in [3.05, 3.63) is 42.0 Å². The third-order valence-corrected chi connectivity index (χ3v) is 3.40. The van der Waals surface area contributed by atoms with E-state index in [0.29, 0.717) is 26.2 Å². The van der Waals surface area contributed by atoms with Crippen molar-refractivity contribution < 1.29 is 14.3 Å². The number of hydrogen-bond donors (Lipinski definition) is 2. The normalized spacial score (nSPS) is 15.2. The van der Waals surface area contributed by atoms with Crippen LogP contribution >= 0.6 is 0 Å². The summed E-state index contributed by atoms with van der Waals surface area (Å²) in [6.45, 7) is 2.54. The van der Waals surface area contributed by atoms with E-state index in [9.17, 15) is 14.3 Å². The minimum Gasteiger partial charge on any atom is -0.504 e. The highest BCUT2D eigenvalue weighted by Crippen LogP contribution is 2.21. The Balaban J connectivity index is 1.91. The molecule has 0 saturated carbocycles. The van der Waals surface area contributed by atoms with E-state index in [0.717, 1.165) is 0 Å². The predicted molar refractivity (Wildman–Crippen MR) is 74.0 cm³/mol. The minimum absolute atomic E-state index is 0.0554. The number of piperazine rings is 1. The number of carbonyl (C=O) groups is 1. The van der Waals surface area contributed by atoms with Gasteiger partial charge in [0.15, 0.2) is 11.4 Å². The SMILES string of the molecule is O=C(c1nn(-c2ccccc2F)cc1O)N1CCNCC1. The molecule has 0 atom stereocenters. The van der Waals surface area contributed by atoms with Crippen molar-refractivity contribution in [3.63, 3.8) is 0 Å². The van der Waals surface area contributed by atoms with Crippen molar-refractivity contribution in [2.75, 3.05) is 26.2 Å². The summed E-state index contributed by atoms with van der Waals surface area (Å²) in [6, 6.07) is 6.05. The maximum Gasteiger partial charge on any atom is 0.278 e. The van der Waals surface area contributed by atoms with Crippen LogP contribution in [0, 0.1) is 5.82 Å². The van der Waals surface area contributed by atoms with Gasteiger partial charge in [-0.05, 0) is 12.1 Å². The minimum atomic E-state index is -0.471. The van der Waals surface area contributed by atoms with E-state index < -0.39 is 5.82 Å². The second-order valence-electron chi connectivity index (χ2n) is 4.80. The zero-order valence-electron chi connectivity index (χ0n) is 11.3. The van der Waals surface area contributed by atoms with Crippen molar-refractivity contribution in [1.82, 2.24) is 20.0 Å². The van der Waals surface area contributed by atoms with E-state index in [1.807, 2.05) is 0 Å². The molecule has 2 heterocycles. The molecule has 3 rings (SSSR count). The molecular weight excluding hydrogens is 275 g/mol. The highest BCUT2D eigenvalue weighted by Gasteiger charge is 2.24. The zero-order valence-corrected chi connectivity index (χ0v) is 11.3. The summed E-state index contributed by atoms with van der Waals surface area (Å²) in [5.74, 6) is -1.06. The summed E-state index contributed by atoms with van der Waals surface area (Å²) < 4.78 is 14.9. The monoisotopic (exact) mass is 290 g/mol. The zero-order chi connectivity index (χ0) is 14.8. The predicted octanol–water partition coefficient (Wildman–Crippen LogP) is 0.762. The van der Waals surface area contributed by atoms with E-state index in [-0.39, 0.29) is 23.0 Å². The van der Waals surface area contributed by atoms with Gasteiger partial charge in [-0.1, -0.05) is 12.1 Å². The summed E-state index contributed by atoms with van der Waals surface area (Å²) in [5.41, 5.74) is 0.132. The molecule has 21 heavy (non-hydrogen) atoms. The Labute approximate surface area is 120 Å². The van der Waals surface area contributed by atoms with Gasteiger partial charge in [0, 0.05) is 26.2 Å². The number of halogens is 1. The van der Waals surface area contributed by atoms with E-state index in [2.05, 4.69) is 10.4 Å². The van der Waals surface area contributed by atoms with Crippen LogP contribution in [0.5, 0.6) is 5.75 Å². The summed E-state index contributed by atoms with van der Waals surface area (Å²) in [7, 11) is 0. The molecule has 6 nitrogen and oxygen atoms in total. The van der Waals surface area contributed by atoms with Gasteiger partial charge in [-0.3, -0.25) is 4.79 Å². The molecule has 0 unspecified atom stereocenters. The van der Waals surface area contributed by atoms with Crippen LogP contribution < -0.4 is 5.32 Å². The Bertz CT molecular complexity index is 665. The van der Waals surface area contributed by atoms with Crippen LogP contribution in [-0.4, -0.2) is 51.9 Å². The second kappa shape index (κ2) is 5.53. The maximum absolute atomic E-state index is 13.7. The van der Waals surface area contributed by atoms with Crippen LogP contribution in [-0.2, 0) is 0 Å². The van der Waals surface area contributed by atoms with E-state index in [1.54, 1.807) is 17.0 Å². The van der Waals surface area contributed by atoms with Crippen molar-refractivity contribution in [2.24, 2.45) is 0 Å². The third kappa shape index (κ3) is 2.59. The van der Waals surface area contributed by atoms with Crippen molar-refractivity contribution in [2.45, 2.75) is 0 Å². The summed E-state index contributed by atoms with van der Waals surface area (Å²) in [4.78, 5) is 13.9. The topological polar surface area (TPSA) is 70.4 Å². The lowest BCUT2D eigenvalue weighted by Crippen LogP contribution is -2.46. The van der Waals surface area contributed by atoms with Crippen molar-refractivity contribution >= 4 is 5.91 Å². The highest BCUT2D eigenvalue weighted by molar-refractivity contribution is 5.94. The molecule has 1 fully saturated rings. The molecule has 2 aromatic rings. The number of carbonyl (C=O) groups excluding carboxylic acids is 1. The average Bonchev–Trinajstić information content (AvgIpc) is 2.89. The summed E-state index contributed by atoms with van der Waals surface area (Å²) >= 11 is 0. The molecule has 1 aromatic carbocycles. The van der Waals surface area contributed by atoms with Gasteiger partial charge in [0.1, 0.15) is 11.5 Å². The number of amides is 1. The first-order chi connectivity index (χ1) is 10.2. The van der Waals surface area contributed by atoms with Crippen LogP contribution in [0.4, 0.5) is 4.39 Å². The van der Waals surface area contributed by atoms with E-state index in [1.165, 1.54) is 23.0 Å². The maximum atomic E-state index is 13.7. The molecule has 0 bridgehead atoms. The van der Waals surface area contributed by atoms with E-state index in [4.69, 9.17) is 0 Å². The van der Waals surface area contributed by atoms with Gasteiger partial charge in [0.05, 0.1) is 6.20 Å². The number of para-hydroxylation sites is 1. The van der Waals surface area contributed by atoms with Crippen molar-refractivity contribution in [1.29, 1.82) is 0 Å². The summed E-state index contributed by atoms with van der Waals surface area (Å²) in [5, 5.41) is 17.1. The van der Waals surface area contributed by atoms with Gasteiger partial charge >= 0.3 is 0 Å². The highest BCUT2D eigenvalue weighted by atomic mass is 19.1. The molecule has 0 aliphatic carbocycles. The third-order valence-electron chi connectivity index (χ3n) is 3.40. The Morgan fingerprint density at radius 1 is 1.29 bits per heavy atom. The van der Waals surface area contributed by atoms with Gasteiger partial charge in [0.25, 0.3) is 5.91 Å². The fourth-order valence-corrected chi connectivity index (χ4v) is 2.30. The molecule has 1 saturated heterocycles. The molecule has 1 aliphatic heterocycles. The van der Waals surface area contributed by atoms with Crippen LogP contribution in [0.3, 0.4) is 0 Å². The van der Waals surface area contributed by atoms with Gasteiger partial charge in [-0.2, -0.15) is 5.10 Å². The molecular formula is C14H15FN4O2. The smallest absolute Gasteiger partial charge is 0.278 e. The van der Waals surface area contributed by atoms with Crippen LogP contribution in [0.25, 0.3) is 5.69 Å². The largest absolute Gasteiger partial charge is 0.504 e. The van der Waals surface area contributed by atoms with Gasteiger partial charge in [-0.15, -0.1) is 0 Å². The fourth-order valence-electron chi connectivity index (χ4n) is 2.30. The van der Waals surface area contributed by atoms with Crippen LogP contribution in [0.15, 0.2) is 30.5 Å². The number of aromatic hydroxyl groups is 1. The Kier molecular flexibility index (Phi) is 3.57. The van der Waals surface area contributed by atoms with Crippen LogP contribution in [0.2, 0.25) is 0 Å². The van der Waals surface area contributed by atoms with Crippen molar-refractivity contribution in [3.8, 4) is 11.4 Å². The lowest BCUT2D eigenvalue weighted by molar-refractivity contribution is 0.0726. The van der Waals surface area contributed by atoms with Crippen LogP contribution in [0.1, 0.15) is 10.5 Å². The molecule has 0 radical (unpaired) electrons.